The molecule has 4 rings (SSSR count). The minimum atomic E-state index is -0.501. The van der Waals surface area contributed by atoms with Gasteiger partial charge in [-0.3, -0.25) is 9.59 Å². The van der Waals surface area contributed by atoms with Crippen LogP contribution in [0.25, 0.3) is 0 Å². The summed E-state index contributed by atoms with van der Waals surface area (Å²) in [5, 5.41) is 15.2. The number of benzene rings is 2. The van der Waals surface area contributed by atoms with Crippen LogP contribution in [0.2, 0.25) is 5.02 Å². The Labute approximate surface area is 209 Å². The highest BCUT2D eigenvalue weighted by atomic mass is 35.5. The van der Waals surface area contributed by atoms with Crippen LogP contribution in [0.15, 0.2) is 60.8 Å². The molecule has 2 N–H and O–H groups in total. The number of pyridine rings is 1. The number of nitrogens with one attached hydrogen (secondary N) is 2. The second-order valence-electron chi connectivity index (χ2n) is 9.05. The van der Waals surface area contributed by atoms with Gasteiger partial charge in [-0.1, -0.05) is 23.7 Å². The van der Waals surface area contributed by atoms with Gasteiger partial charge in [0.25, 0.3) is 11.8 Å². The minimum absolute atomic E-state index is 0.159. The maximum Gasteiger partial charge on any atom is 0.258 e. The van der Waals surface area contributed by atoms with Crippen molar-refractivity contribution < 1.29 is 9.59 Å². The zero-order valence-electron chi connectivity index (χ0n) is 19.6. The monoisotopic (exact) mass is 487 g/mol. The first-order chi connectivity index (χ1) is 16.8. The van der Waals surface area contributed by atoms with Crippen LogP contribution in [0.3, 0.4) is 0 Å². The Morgan fingerprint density at radius 1 is 1.06 bits per heavy atom. The van der Waals surface area contributed by atoms with Crippen molar-refractivity contribution in [3.8, 4) is 6.07 Å². The van der Waals surface area contributed by atoms with Gasteiger partial charge in [0.1, 0.15) is 5.82 Å². The van der Waals surface area contributed by atoms with Crippen LogP contribution in [0.5, 0.6) is 0 Å². The molecule has 1 aromatic heterocycles. The molecule has 7 nitrogen and oxygen atoms in total. The van der Waals surface area contributed by atoms with Gasteiger partial charge in [-0.2, -0.15) is 5.26 Å². The Morgan fingerprint density at radius 3 is 2.40 bits per heavy atom. The van der Waals surface area contributed by atoms with Crippen LogP contribution >= 0.6 is 11.6 Å². The third-order valence-electron chi connectivity index (χ3n) is 6.26. The Balaban J connectivity index is 1.50. The summed E-state index contributed by atoms with van der Waals surface area (Å²) >= 11 is 5.85. The van der Waals surface area contributed by atoms with Crippen molar-refractivity contribution in [2.24, 2.45) is 0 Å². The largest absolute Gasteiger partial charge is 0.321 e. The molecular weight excluding hydrogens is 462 g/mol. The van der Waals surface area contributed by atoms with Crippen LogP contribution in [0.4, 0.5) is 11.5 Å². The lowest BCUT2D eigenvalue weighted by molar-refractivity contribution is 0.102. The molecule has 35 heavy (non-hydrogen) atoms. The molecule has 0 spiro atoms. The van der Waals surface area contributed by atoms with Crippen molar-refractivity contribution in [3.63, 3.8) is 0 Å². The van der Waals surface area contributed by atoms with Gasteiger partial charge < -0.3 is 15.5 Å². The van der Waals surface area contributed by atoms with Crippen LogP contribution in [0, 0.1) is 11.3 Å². The summed E-state index contributed by atoms with van der Waals surface area (Å²) in [4.78, 5) is 32.2. The number of hydrogen-bond acceptors (Lipinski definition) is 5. The molecule has 2 aromatic carbocycles. The quantitative estimate of drug-likeness (QED) is 0.461. The molecule has 8 heteroatoms. The van der Waals surface area contributed by atoms with Gasteiger partial charge in [-0.25, -0.2) is 4.98 Å². The number of aromatic nitrogens is 1. The SMILES string of the molecule is CN(C)CCC1(c2ccc(C(=O)Nc3ccc(C#N)cc3C(=O)Nc3ccc(Cl)cn3)cc2)CC1. The Bertz CT molecular complexity index is 1280. The lowest BCUT2D eigenvalue weighted by Crippen LogP contribution is -2.20. The number of anilines is 2. The number of nitriles is 1. The third-order valence-corrected chi connectivity index (χ3v) is 6.48. The Morgan fingerprint density at radius 2 is 1.80 bits per heavy atom. The molecule has 1 saturated carbocycles. The van der Waals surface area contributed by atoms with E-state index in [2.05, 4.69) is 34.6 Å². The lowest BCUT2D eigenvalue weighted by atomic mass is 9.91. The first-order valence-electron chi connectivity index (χ1n) is 11.3. The highest BCUT2D eigenvalue weighted by Crippen LogP contribution is 2.51. The van der Waals surface area contributed by atoms with E-state index in [4.69, 9.17) is 11.6 Å². The smallest absolute Gasteiger partial charge is 0.258 e. The van der Waals surface area contributed by atoms with E-state index in [9.17, 15) is 14.9 Å². The average molecular weight is 488 g/mol. The van der Waals surface area contributed by atoms with Crippen molar-refractivity contribution in [3.05, 3.63) is 88.1 Å². The molecule has 0 saturated heterocycles. The van der Waals surface area contributed by atoms with E-state index >= 15 is 0 Å². The molecule has 0 bridgehead atoms. The summed E-state index contributed by atoms with van der Waals surface area (Å²) in [5.74, 6) is -0.532. The summed E-state index contributed by atoms with van der Waals surface area (Å²) in [6, 6.07) is 17.4. The molecular formula is C27H26ClN5O2. The number of rotatable bonds is 8. The van der Waals surface area contributed by atoms with Crippen LogP contribution in [-0.2, 0) is 5.41 Å². The van der Waals surface area contributed by atoms with E-state index in [0.717, 1.165) is 13.0 Å². The molecule has 1 heterocycles. The van der Waals surface area contributed by atoms with Crippen molar-refractivity contribution in [1.29, 1.82) is 5.26 Å². The first-order valence-corrected chi connectivity index (χ1v) is 11.7. The number of carbonyl (C=O) groups is 2. The number of carbonyl (C=O) groups excluding carboxylic acids is 2. The summed E-state index contributed by atoms with van der Waals surface area (Å²) < 4.78 is 0. The molecule has 0 unspecified atom stereocenters. The van der Waals surface area contributed by atoms with E-state index in [0.29, 0.717) is 27.7 Å². The molecule has 178 valence electrons. The Kier molecular flexibility index (Phi) is 7.15. The first kappa shape index (κ1) is 24.4. The minimum Gasteiger partial charge on any atom is -0.321 e. The second kappa shape index (κ2) is 10.3. The van der Waals surface area contributed by atoms with Crippen LogP contribution in [-0.4, -0.2) is 42.3 Å². The van der Waals surface area contributed by atoms with Gasteiger partial charge in [-0.05, 0) is 93.3 Å². The summed E-state index contributed by atoms with van der Waals surface area (Å²) in [6.45, 7) is 1.03. The molecule has 0 aliphatic heterocycles. The number of amides is 2. The number of halogens is 1. The van der Waals surface area contributed by atoms with Crippen LogP contribution in [0.1, 0.15) is 51.1 Å². The highest BCUT2D eigenvalue weighted by Gasteiger charge is 2.43. The van der Waals surface area contributed by atoms with Gasteiger partial charge >= 0.3 is 0 Å². The average Bonchev–Trinajstić information content (AvgIpc) is 3.65. The predicted octanol–water partition coefficient (Wildman–Crippen LogP) is 5.09. The van der Waals surface area contributed by atoms with Gasteiger partial charge in [-0.15, -0.1) is 0 Å². The van der Waals surface area contributed by atoms with E-state index in [1.54, 1.807) is 24.3 Å². The third kappa shape index (κ3) is 5.86. The summed E-state index contributed by atoms with van der Waals surface area (Å²) in [6.07, 6.45) is 4.84. The normalized spacial score (nSPS) is 13.7. The molecule has 1 aliphatic carbocycles. The van der Waals surface area contributed by atoms with Crippen molar-refractivity contribution >= 4 is 34.9 Å². The van der Waals surface area contributed by atoms with Crippen molar-refractivity contribution in [1.82, 2.24) is 9.88 Å². The zero-order valence-corrected chi connectivity index (χ0v) is 20.4. The number of nitrogens with zero attached hydrogens (tertiary/aromatic N) is 3. The lowest BCUT2D eigenvalue weighted by Gasteiger charge is -2.19. The molecule has 0 atom stereocenters. The zero-order chi connectivity index (χ0) is 25.0. The topological polar surface area (TPSA) is 98.1 Å². The van der Waals surface area contributed by atoms with E-state index in [1.807, 2.05) is 30.3 Å². The summed E-state index contributed by atoms with van der Waals surface area (Å²) in [5.41, 5.74) is 2.72. The van der Waals surface area contributed by atoms with Crippen molar-refractivity contribution in [2.45, 2.75) is 24.7 Å². The fraction of sp³-hybridized carbons (Fsp3) is 0.259. The van der Waals surface area contributed by atoms with E-state index in [1.165, 1.54) is 30.7 Å². The van der Waals surface area contributed by atoms with Gasteiger partial charge in [0.15, 0.2) is 0 Å². The molecule has 1 fully saturated rings. The second-order valence-corrected chi connectivity index (χ2v) is 9.49. The molecule has 1 aliphatic rings. The molecule has 3 aromatic rings. The van der Waals surface area contributed by atoms with E-state index < -0.39 is 5.91 Å². The van der Waals surface area contributed by atoms with E-state index in [-0.39, 0.29) is 16.9 Å². The highest BCUT2D eigenvalue weighted by molar-refractivity contribution is 6.30. The van der Waals surface area contributed by atoms with Gasteiger partial charge in [0, 0.05) is 11.8 Å². The maximum atomic E-state index is 13.0. The molecule has 2 amide bonds. The van der Waals surface area contributed by atoms with Crippen molar-refractivity contribution in [2.75, 3.05) is 31.3 Å². The predicted molar refractivity (Wildman–Crippen MR) is 137 cm³/mol. The van der Waals surface area contributed by atoms with Gasteiger partial charge in [0.2, 0.25) is 0 Å². The summed E-state index contributed by atoms with van der Waals surface area (Å²) in [7, 11) is 4.15. The fourth-order valence-electron chi connectivity index (χ4n) is 3.99. The fourth-order valence-corrected chi connectivity index (χ4v) is 4.10. The van der Waals surface area contributed by atoms with Crippen LogP contribution < -0.4 is 10.6 Å². The Hall–Kier alpha value is -3.73. The maximum absolute atomic E-state index is 13.0. The molecule has 0 radical (unpaired) electrons. The van der Waals surface area contributed by atoms with Gasteiger partial charge in [0.05, 0.1) is 27.9 Å². The number of hydrogen-bond donors (Lipinski definition) is 2. The standard InChI is InChI=1S/C27H26ClN5O2/c1-33(2)14-13-27(11-12-27)20-6-4-19(5-7-20)25(34)31-23-9-3-18(16-29)15-22(23)26(35)32-24-10-8-21(28)17-30-24/h3-10,15,17H,11-14H2,1-2H3,(H,31,34)(H,30,32,35).